The third-order valence-corrected chi connectivity index (χ3v) is 2.93. The van der Waals surface area contributed by atoms with Crippen LogP contribution in [0.3, 0.4) is 0 Å². The van der Waals surface area contributed by atoms with Gasteiger partial charge in [-0.3, -0.25) is 18.3 Å². The number of nitrogen functional groups attached to an aromatic ring is 1. The van der Waals surface area contributed by atoms with E-state index in [0.29, 0.717) is 5.84 Å². The lowest BCUT2D eigenvalue weighted by atomic mass is 9.81. The number of carbonyl (C=O) groups is 1. The van der Waals surface area contributed by atoms with Crippen LogP contribution in [-0.4, -0.2) is 31.0 Å². The standard InChI is InChI=1S/C12H12BF2N3O/c1-7-17-11(12(19)18(7)2)5-8-3-4-9(16)6-10(8)13(14)15/h3-6H,16H2,1-2H3. The number of amidine groups is 1. The summed E-state index contributed by atoms with van der Waals surface area (Å²) in [4.78, 5) is 17.2. The van der Waals surface area contributed by atoms with Gasteiger partial charge in [0.1, 0.15) is 11.5 Å². The van der Waals surface area contributed by atoms with Crippen molar-refractivity contribution < 1.29 is 13.4 Å². The maximum Gasteiger partial charge on any atom is 0.572 e. The van der Waals surface area contributed by atoms with Crippen molar-refractivity contribution in [3.63, 3.8) is 0 Å². The molecule has 98 valence electrons. The molecule has 2 rings (SSSR count). The molecular formula is C12H12BF2N3O. The van der Waals surface area contributed by atoms with Crippen molar-refractivity contribution >= 4 is 36.2 Å². The van der Waals surface area contributed by atoms with Gasteiger partial charge in [0.25, 0.3) is 5.91 Å². The van der Waals surface area contributed by atoms with Crippen LogP contribution in [0.15, 0.2) is 28.9 Å². The quantitative estimate of drug-likeness (QED) is 0.494. The average molecular weight is 263 g/mol. The van der Waals surface area contributed by atoms with E-state index in [1.54, 1.807) is 14.0 Å². The third-order valence-electron chi connectivity index (χ3n) is 2.93. The topological polar surface area (TPSA) is 58.7 Å². The second kappa shape index (κ2) is 4.83. The Morgan fingerprint density at radius 1 is 1.42 bits per heavy atom. The van der Waals surface area contributed by atoms with E-state index in [9.17, 15) is 13.4 Å². The monoisotopic (exact) mass is 263 g/mol. The van der Waals surface area contributed by atoms with E-state index in [2.05, 4.69) is 4.99 Å². The van der Waals surface area contributed by atoms with Crippen LogP contribution >= 0.6 is 0 Å². The minimum atomic E-state index is -2.66. The Kier molecular flexibility index (Phi) is 3.37. The molecule has 1 heterocycles. The summed E-state index contributed by atoms with van der Waals surface area (Å²) in [5.74, 6) is 0.222. The van der Waals surface area contributed by atoms with Gasteiger partial charge in [0, 0.05) is 18.2 Å². The Hall–Kier alpha value is -2.18. The summed E-state index contributed by atoms with van der Waals surface area (Å²) in [6, 6.07) is 4.18. The van der Waals surface area contributed by atoms with Crippen LogP contribution in [0.1, 0.15) is 12.5 Å². The number of amides is 1. The highest BCUT2D eigenvalue weighted by molar-refractivity contribution is 6.61. The largest absolute Gasteiger partial charge is 0.572 e. The molecule has 0 saturated carbocycles. The molecule has 0 unspecified atom stereocenters. The average Bonchev–Trinajstić information content (AvgIpc) is 2.59. The van der Waals surface area contributed by atoms with Crippen molar-refractivity contribution in [1.82, 2.24) is 4.90 Å². The summed E-state index contributed by atoms with van der Waals surface area (Å²) < 4.78 is 25.8. The van der Waals surface area contributed by atoms with Gasteiger partial charge < -0.3 is 5.73 Å². The molecule has 19 heavy (non-hydrogen) atoms. The number of benzene rings is 1. The molecule has 0 fully saturated rings. The van der Waals surface area contributed by atoms with Gasteiger partial charge in [-0.15, -0.1) is 0 Å². The lowest BCUT2D eigenvalue weighted by Crippen LogP contribution is -2.26. The van der Waals surface area contributed by atoms with Gasteiger partial charge in [-0.05, 0) is 30.7 Å². The van der Waals surface area contributed by atoms with Crippen molar-refractivity contribution in [1.29, 1.82) is 0 Å². The normalized spacial score (nSPS) is 17.1. The van der Waals surface area contributed by atoms with Crippen LogP contribution in [0.4, 0.5) is 14.3 Å². The predicted molar refractivity (Wildman–Crippen MR) is 72.3 cm³/mol. The van der Waals surface area contributed by atoms with Crippen molar-refractivity contribution in [2.75, 3.05) is 12.8 Å². The van der Waals surface area contributed by atoms with E-state index in [1.165, 1.54) is 29.2 Å². The number of nitrogens with zero attached hydrogens (tertiary/aromatic N) is 2. The second-order valence-electron chi connectivity index (χ2n) is 4.24. The zero-order valence-corrected chi connectivity index (χ0v) is 10.5. The SMILES string of the molecule is CC1=NC(=Cc2ccc(N)cc2B(F)F)C(=O)N1C. The van der Waals surface area contributed by atoms with E-state index in [-0.39, 0.29) is 28.3 Å². The van der Waals surface area contributed by atoms with Gasteiger partial charge in [0.2, 0.25) is 0 Å². The van der Waals surface area contributed by atoms with Crippen LogP contribution in [0, 0.1) is 0 Å². The van der Waals surface area contributed by atoms with Gasteiger partial charge in [-0.1, -0.05) is 6.07 Å². The van der Waals surface area contributed by atoms with Crippen molar-refractivity contribution in [2.45, 2.75) is 6.92 Å². The molecule has 0 atom stereocenters. The smallest absolute Gasteiger partial charge is 0.399 e. The van der Waals surface area contributed by atoms with Crippen LogP contribution in [0.25, 0.3) is 6.08 Å². The van der Waals surface area contributed by atoms with Crippen LogP contribution in [0.5, 0.6) is 0 Å². The molecule has 0 spiro atoms. The number of halogens is 2. The summed E-state index contributed by atoms with van der Waals surface area (Å²) in [5.41, 5.74) is 5.93. The van der Waals surface area contributed by atoms with Crippen molar-refractivity contribution in [3.05, 3.63) is 29.5 Å². The van der Waals surface area contributed by atoms with E-state index in [1.807, 2.05) is 0 Å². The first-order valence-corrected chi connectivity index (χ1v) is 5.62. The Morgan fingerprint density at radius 3 is 2.63 bits per heavy atom. The summed E-state index contributed by atoms with van der Waals surface area (Å²) in [6.07, 6.45) is 1.36. The Labute approximate surface area is 109 Å². The molecule has 1 aromatic rings. The zero-order valence-electron chi connectivity index (χ0n) is 10.5. The first-order chi connectivity index (χ1) is 8.90. The molecule has 0 aromatic heterocycles. The molecule has 0 radical (unpaired) electrons. The highest BCUT2D eigenvalue weighted by Gasteiger charge is 2.25. The molecule has 0 saturated heterocycles. The Morgan fingerprint density at radius 2 is 2.11 bits per heavy atom. The van der Waals surface area contributed by atoms with Crippen molar-refractivity contribution in [2.24, 2.45) is 4.99 Å². The Bertz CT molecular complexity index is 599. The number of nitrogens with two attached hydrogens (primary N) is 1. The summed E-state index contributed by atoms with van der Waals surface area (Å²) >= 11 is 0. The predicted octanol–water partition coefficient (Wildman–Crippen LogP) is 1.13. The summed E-state index contributed by atoms with van der Waals surface area (Å²) in [5, 5.41) is 0. The van der Waals surface area contributed by atoms with Gasteiger partial charge in [0.05, 0.1) is 0 Å². The molecule has 0 aliphatic carbocycles. The van der Waals surface area contributed by atoms with Gasteiger partial charge in [0.15, 0.2) is 0 Å². The lowest BCUT2D eigenvalue weighted by Gasteiger charge is -2.07. The highest BCUT2D eigenvalue weighted by Crippen LogP contribution is 2.17. The van der Waals surface area contributed by atoms with Crippen LogP contribution < -0.4 is 11.2 Å². The number of carbonyl (C=O) groups excluding carboxylic acids is 1. The number of hydrogen-bond acceptors (Lipinski definition) is 3. The minimum Gasteiger partial charge on any atom is -0.399 e. The first-order valence-electron chi connectivity index (χ1n) is 5.62. The number of anilines is 1. The molecule has 1 aromatic carbocycles. The Balaban J connectivity index is 2.47. The number of hydrogen-bond donors (Lipinski definition) is 1. The van der Waals surface area contributed by atoms with Gasteiger partial charge >= 0.3 is 7.27 Å². The fourth-order valence-electron chi connectivity index (χ4n) is 1.77. The fourth-order valence-corrected chi connectivity index (χ4v) is 1.77. The minimum absolute atomic E-state index is 0.145. The molecule has 4 nitrogen and oxygen atoms in total. The number of likely N-dealkylation sites (N-methyl/N-ethyl adjacent to an activating group) is 1. The lowest BCUT2D eigenvalue weighted by molar-refractivity contribution is -0.121. The molecule has 1 aliphatic heterocycles. The highest BCUT2D eigenvalue weighted by atomic mass is 19.2. The molecule has 1 aliphatic rings. The summed E-state index contributed by atoms with van der Waals surface area (Å²) in [6.45, 7) is 1.68. The number of rotatable bonds is 2. The molecule has 0 bridgehead atoms. The second-order valence-corrected chi connectivity index (χ2v) is 4.24. The van der Waals surface area contributed by atoms with Crippen LogP contribution in [0.2, 0.25) is 0 Å². The van der Waals surface area contributed by atoms with E-state index < -0.39 is 7.27 Å². The molecular weight excluding hydrogens is 251 g/mol. The van der Waals surface area contributed by atoms with Gasteiger partial charge in [-0.25, -0.2) is 4.99 Å². The first kappa shape index (κ1) is 13.3. The molecule has 1 amide bonds. The maximum atomic E-state index is 12.9. The zero-order chi connectivity index (χ0) is 14.2. The molecule has 7 heteroatoms. The maximum absolute atomic E-state index is 12.9. The van der Waals surface area contributed by atoms with Crippen LogP contribution in [-0.2, 0) is 4.79 Å². The third kappa shape index (κ3) is 2.49. The summed E-state index contributed by atoms with van der Waals surface area (Å²) in [7, 11) is -1.08. The van der Waals surface area contributed by atoms with E-state index in [0.717, 1.165) is 0 Å². The van der Waals surface area contributed by atoms with Gasteiger partial charge in [-0.2, -0.15) is 0 Å². The van der Waals surface area contributed by atoms with Crippen molar-refractivity contribution in [3.8, 4) is 0 Å². The number of aliphatic imine (C=N–C) groups is 1. The van der Waals surface area contributed by atoms with E-state index in [4.69, 9.17) is 5.73 Å². The van der Waals surface area contributed by atoms with E-state index >= 15 is 0 Å². The molecule has 2 N–H and O–H groups in total. The fraction of sp³-hybridized carbons (Fsp3) is 0.167.